The number of methoxy groups -OCH3 is 1. The van der Waals surface area contributed by atoms with Gasteiger partial charge in [0.2, 0.25) is 11.8 Å². The smallest absolute Gasteiger partial charge is 0.385 e. The zero-order chi connectivity index (χ0) is 47.5. The van der Waals surface area contributed by atoms with Gasteiger partial charge in [-0.05, 0) is 88.7 Å². The van der Waals surface area contributed by atoms with E-state index < -0.39 is 35.7 Å². The molecule has 2 aliphatic carbocycles. The van der Waals surface area contributed by atoms with Crippen LogP contribution in [-0.2, 0) is 49.9 Å². The van der Waals surface area contributed by atoms with Crippen molar-refractivity contribution in [2.75, 3.05) is 62.8 Å². The number of fused-ring (bicyclic) bond motifs is 2. The van der Waals surface area contributed by atoms with Crippen molar-refractivity contribution in [3.05, 3.63) is 44.8 Å². The normalized spacial score (nSPS) is 25.2. The Hall–Kier alpha value is -4.51. The van der Waals surface area contributed by atoms with Crippen molar-refractivity contribution in [1.29, 1.82) is 10.5 Å². The summed E-state index contributed by atoms with van der Waals surface area (Å²) in [7, 11) is 1.64. The van der Waals surface area contributed by atoms with Crippen molar-refractivity contribution in [2.45, 2.75) is 161 Å². The summed E-state index contributed by atoms with van der Waals surface area (Å²) in [4.78, 5) is 45.3. The van der Waals surface area contributed by atoms with Gasteiger partial charge in [-0.25, -0.2) is 9.97 Å². The molecule has 358 valence electrons. The fourth-order valence-corrected chi connectivity index (χ4v) is 11.2. The Kier molecular flexibility index (Phi) is 13.5. The van der Waals surface area contributed by atoms with Crippen LogP contribution in [0.4, 0.5) is 24.8 Å². The highest BCUT2D eigenvalue weighted by Gasteiger charge is 2.48. The van der Waals surface area contributed by atoms with Crippen molar-refractivity contribution in [3.8, 4) is 12.1 Å². The van der Waals surface area contributed by atoms with Gasteiger partial charge in [0, 0.05) is 95.2 Å². The molecule has 0 aromatic carbocycles. The van der Waals surface area contributed by atoms with E-state index in [2.05, 4.69) is 42.7 Å². The molecular weight excluding hydrogens is 850 g/mol. The molecule has 16 heteroatoms. The Labute approximate surface area is 387 Å². The number of carbonyl (C=O) groups is 2. The highest BCUT2D eigenvalue weighted by Crippen LogP contribution is 2.54. The van der Waals surface area contributed by atoms with E-state index >= 15 is 0 Å². The monoisotopic (exact) mass is 917 g/mol. The molecule has 2 saturated heterocycles. The number of halogens is 3. The second-order valence-electron chi connectivity index (χ2n) is 21.4. The first-order valence-electron chi connectivity index (χ1n) is 24.1. The summed E-state index contributed by atoms with van der Waals surface area (Å²) >= 11 is 0. The first-order chi connectivity index (χ1) is 31.2. The predicted molar refractivity (Wildman–Crippen MR) is 242 cm³/mol. The van der Waals surface area contributed by atoms with Gasteiger partial charge in [-0.1, -0.05) is 20.8 Å². The third-order valence-corrected chi connectivity index (χ3v) is 15.0. The number of hydrogen-bond donors (Lipinski definition) is 0. The van der Waals surface area contributed by atoms with E-state index in [9.17, 15) is 33.3 Å². The molecule has 2 aromatic rings. The van der Waals surface area contributed by atoms with Crippen LogP contribution in [0.25, 0.3) is 0 Å². The molecule has 0 N–H and O–H groups in total. The highest BCUT2D eigenvalue weighted by molar-refractivity contribution is 5.78. The number of nitriles is 2. The lowest BCUT2D eigenvalue weighted by molar-refractivity contribution is -0.164. The minimum Gasteiger partial charge on any atom is -0.385 e. The van der Waals surface area contributed by atoms with Crippen LogP contribution in [0.3, 0.4) is 0 Å². The predicted octanol–water partition coefficient (Wildman–Crippen LogP) is 7.70. The zero-order valence-corrected chi connectivity index (χ0v) is 40.0. The number of anilines is 2. The fourth-order valence-electron chi connectivity index (χ4n) is 11.2. The van der Waals surface area contributed by atoms with E-state index in [1.807, 2.05) is 32.6 Å². The summed E-state index contributed by atoms with van der Waals surface area (Å²) < 4.78 is 58.1. The van der Waals surface area contributed by atoms with Gasteiger partial charge in [0.1, 0.15) is 30.2 Å². The zero-order valence-electron chi connectivity index (χ0n) is 40.0. The van der Waals surface area contributed by atoms with E-state index in [4.69, 9.17) is 24.2 Å². The van der Waals surface area contributed by atoms with Gasteiger partial charge in [0.15, 0.2) is 0 Å². The highest BCUT2D eigenvalue weighted by atomic mass is 19.4. The Morgan fingerprint density at radius 1 is 0.803 bits per heavy atom. The average Bonchev–Trinajstić information content (AvgIpc) is 4.21. The summed E-state index contributed by atoms with van der Waals surface area (Å²) in [5, 5.41) is 21.5. The maximum atomic E-state index is 14.0. The third kappa shape index (κ3) is 10.0. The molecule has 0 spiro atoms. The first-order valence-corrected chi connectivity index (χ1v) is 24.1. The van der Waals surface area contributed by atoms with Gasteiger partial charge in [-0.3, -0.25) is 9.59 Å². The molecular formula is C50H67F3N8O5. The Bertz CT molecular complexity index is 2280. The third-order valence-electron chi connectivity index (χ3n) is 15.0. The number of ether oxygens (including phenoxy) is 3. The molecule has 2 saturated carbocycles. The van der Waals surface area contributed by atoms with E-state index in [0.29, 0.717) is 88.0 Å². The van der Waals surface area contributed by atoms with Crippen molar-refractivity contribution in [1.82, 2.24) is 19.8 Å². The molecule has 66 heavy (non-hydrogen) atoms. The number of carbonyl (C=O) groups excluding carboxylic acids is 2. The van der Waals surface area contributed by atoms with Crippen molar-refractivity contribution in [3.63, 3.8) is 0 Å². The van der Waals surface area contributed by atoms with E-state index in [1.54, 1.807) is 7.11 Å². The second kappa shape index (κ2) is 18.5. The van der Waals surface area contributed by atoms with Gasteiger partial charge >= 0.3 is 6.18 Å². The standard InChI is InChI=1S/C50H67F3N8O5/c1-29(2)40-25-58(13-15-60(40)43(63)22-50(51,52)53)47-37(24-55)35-21-49(6,7)66-28-39(35)45(57-47)33-19-32(33)18-30(3)41-26-59(14-16-61(41)42(62)10-9-17-64-8)46-36(23-54)34-20-48(4,5)65-27-38(34)44(56-46)31-11-12-31/h29-33,40-41H,9-22,25-28H2,1-8H3. The maximum Gasteiger partial charge on any atom is 0.397 e. The van der Waals surface area contributed by atoms with Gasteiger partial charge in [-0.2, -0.15) is 23.7 Å². The lowest BCUT2D eigenvalue weighted by Gasteiger charge is -2.45. The van der Waals surface area contributed by atoms with E-state index in [0.717, 1.165) is 65.1 Å². The number of rotatable bonds is 13. The number of piperazine rings is 2. The van der Waals surface area contributed by atoms with Crippen LogP contribution >= 0.6 is 0 Å². The summed E-state index contributed by atoms with van der Waals surface area (Å²) in [6.07, 6.45) is -0.117. The van der Waals surface area contributed by atoms with Gasteiger partial charge in [0.05, 0.1) is 59.0 Å². The molecule has 4 aliphatic heterocycles. The number of hydrogen-bond acceptors (Lipinski definition) is 11. The summed E-state index contributed by atoms with van der Waals surface area (Å²) in [5.74, 6) is 1.05. The van der Waals surface area contributed by atoms with Crippen LogP contribution in [-0.4, -0.2) is 114 Å². The first kappa shape index (κ1) is 48.0. The average molecular weight is 917 g/mol. The van der Waals surface area contributed by atoms with Crippen LogP contribution in [0.2, 0.25) is 0 Å². The molecule has 0 radical (unpaired) electrons. The summed E-state index contributed by atoms with van der Waals surface area (Å²) in [6, 6.07) is 4.39. The van der Waals surface area contributed by atoms with Gasteiger partial charge in [0.25, 0.3) is 0 Å². The molecule has 4 fully saturated rings. The summed E-state index contributed by atoms with van der Waals surface area (Å²) in [5.41, 5.74) is 6.08. The van der Waals surface area contributed by atoms with Crippen molar-refractivity contribution < 1.29 is 37.0 Å². The molecule has 6 aliphatic rings. The summed E-state index contributed by atoms with van der Waals surface area (Å²) in [6.45, 7) is 17.7. The lowest BCUT2D eigenvalue weighted by atomic mass is 9.86. The van der Waals surface area contributed by atoms with E-state index in [-0.39, 0.29) is 55.3 Å². The number of nitrogens with zero attached hydrogens (tertiary/aromatic N) is 8. The second-order valence-corrected chi connectivity index (χ2v) is 21.4. The van der Waals surface area contributed by atoms with Crippen molar-refractivity contribution in [2.24, 2.45) is 17.8 Å². The Morgan fingerprint density at radius 2 is 1.33 bits per heavy atom. The fraction of sp³-hybridized carbons (Fsp3) is 0.720. The largest absolute Gasteiger partial charge is 0.397 e. The number of alkyl halides is 3. The molecule has 2 amide bonds. The molecule has 0 bridgehead atoms. The number of aromatic nitrogens is 2. The quantitative estimate of drug-likeness (QED) is 0.182. The Morgan fingerprint density at radius 3 is 1.85 bits per heavy atom. The van der Waals surface area contributed by atoms with Crippen LogP contribution in [0.1, 0.15) is 150 Å². The molecule has 6 heterocycles. The van der Waals surface area contributed by atoms with Crippen molar-refractivity contribution >= 4 is 23.5 Å². The number of pyridine rings is 2. The molecule has 13 nitrogen and oxygen atoms in total. The van der Waals surface area contributed by atoms with Crippen LogP contribution in [0.5, 0.6) is 0 Å². The molecule has 8 rings (SSSR count). The number of amides is 2. The minimum absolute atomic E-state index is 0.0746. The Balaban J connectivity index is 1.08. The topological polar surface area (TPSA) is 148 Å². The van der Waals surface area contributed by atoms with E-state index in [1.165, 1.54) is 4.90 Å². The van der Waals surface area contributed by atoms with Crippen LogP contribution in [0, 0.1) is 40.4 Å². The van der Waals surface area contributed by atoms with Gasteiger partial charge < -0.3 is 33.8 Å². The van der Waals surface area contributed by atoms with Crippen LogP contribution < -0.4 is 9.80 Å². The van der Waals surface area contributed by atoms with Crippen LogP contribution in [0.15, 0.2) is 0 Å². The molecule has 5 unspecified atom stereocenters. The minimum atomic E-state index is -4.60. The molecule has 2 aromatic heterocycles. The maximum absolute atomic E-state index is 14.0. The van der Waals surface area contributed by atoms with Gasteiger partial charge in [-0.15, -0.1) is 0 Å². The lowest BCUT2D eigenvalue weighted by Crippen LogP contribution is -2.58. The molecule has 5 atom stereocenters. The SMILES string of the molecule is COCCCC(=O)N1CCN(c2nc(C3CC3)c3c(c2C#N)CC(C)(C)OC3)CC1C(C)CC1CC1c1nc(N2CCN(C(=O)CC(F)(F)F)C(C(C)C)C2)c(C#N)c2c1COC(C)(C)C2.